The summed E-state index contributed by atoms with van der Waals surface area (Å²) in [6.45, 7) is 4.61. The van der Waals surface area contributed by atoms with Crippen molar-refractivity contribution < 1.29 is 9.15 Å². The maximum absolute atomic E-state index is 5.47. The van der Waals surface area contributed by atoms with E-state index in [-0.39, 0.29) is 0 Å². The van der Waals surface area contributed by atoms with Crippen molar-refractivity contribution in [2.45, 2.75) is 13.5 Å². The third kappa shape index (κ3) is 4.46. The monoisotopic (exact) mass is 240 g/mol. The molecule has 1 aromatic rings. The molecule has 1 aromatic heterocycles. The Morgan fingerprint density at radius 2 is 2.47 bits per heavy atom. The highest BCUT2D eigenvalue weighted by Gasteiger charge is 2.10. The number of nitrogens with two attached hydrogens (primary N) is 1. The maximum atomic E-state index is 5.47. The van der Waals surface area contributed by atoms with Crippen LogP contribution in [0.5, 0.6) is 0 Å². The van der Waals surface area contributed by atoms with Gasteiger partial charge in [0.2, 0.25) is 5.96 Å². The molecule has 0 aliphatic rings. The van der Waals surface area contributed by atoms with Crippen molar-refractivity contribution in [3.8, 4) is 0 Å². The lowest BCUT2D eigenvalue weighted by Crippen LogP contribution is -2.44. The number of rotatable bonds is 6. The normalized spacial score (nSPS) is 11.6. The summed E-state index contributed by atoms with van der Waals surface area (Å²) in [6.07, 6.45) is 1.65. The first-order chi connectivity index (χ1) is 8.31. The molecule has 17 heavy (non-hydrogen) atoms. The Labute approximate surface area is 101 Å². The van der Waals surface area contributed by atoms with Gasteiger partial charge in [0.1, 0.15) is 5.76 Å². The second kappa shape index (κ2) is 7.70. The zero-order chi connectivity index (χ0) is 12.5. The van der Waals surface area contributed by atoms with E-state index < -0.39 is 0 Å². The summed E-state index contributed by atoms with van der Waals surface area (Å²) in [6, 6.07) is 3.78. The van der Waals surface area contributed by atoms with Crippen molar-refractivity contribution in [1.82, 2.24) is 10.3 Å². The molecule has 0 aliphatic heterocycles. The van der Waals surface area contributed by atoms with Crippen LogP contribution < -0.4 is 11.3 Å². The van der Waals surface area contributed by atoms with Crippen molar-refractivity contribution in [2.75, 3.05) is 26.8 Å². The van der Waals surface area contributed by atoms with Gasteiger partial charge in [-0.15, -0.1) is 0 Å². The Morgan fingerprint density at radius 1 is 1.65 bits per heavy atom. The van der Waals surface area contributed by atoms with Crippen molar-refractivity contribution in [3.05, 3.63) is 24.2 Å². The number of nitrogens with zero attached hydrogens (tertiary/aromatic N) is 2. The highest BCUT2D eigenvalue weighted by Crippen LogP contribution is 2.05. The van der Waals surface area contributed by atoms with Gasteiger partial charge in [0.25, 0.3) is 0 Å². The molecule has 0 aromatic carbocycles. The lowest BCUT2D eigenvalue weighted by molar-refractivity contribution is 0.207. The van der Waals surface area contributed by atoms with Gasteiger partial charge in [-0.25, -0.2) is 10.8 Å². The summed E-state index contributed by atoms with van der Waals surface area (Å²) >= 11 is 0. The minimum Gasteiger partial charge on any atom is -0.467 e. The zero-order valence-electron chi connectivity index (χ0n) is 10.3. The van der Waals surface area contributed by atoms with Gasteiger partial charge in [-0.3, -0.25) is 5.43 Å². The SMILES string of the molecule is CCN(Cc1ccco1)C(=NCCOC)NN. The fourth-order valence-corrected chi connectivity index (χ4v) is 1.41. The largest absolute Gasteiger partial charge is 0.467 e. The van der Waals surface area contributed by atoms with Crippen molar-refractivity contribution >= 4 is 5.96 Å². The van der Waals surface area contributed by atoms with E-state index in [1.54, 1.807) is 13.4 Å². The first kappa shape index (κ1) is 13.5. The molecule has 3 N–H and O–H groups in total. The van der Waals surface area contributed by atoms with Gasteiger partial charge in [0.15, 0.2) is 0 Å². The first-order valence-corrected chi connectivity index (χ1v) is 5.59. The molecule has 1 rings (SSSR count). The summed E-state index contributed by atoms with van der Waals surface area (Å²) in [5.74, 6) is 6.98. The molecule has 6 heteroatoms. The number of hydrogen-bond acceptors (Lipinski definition) is 4. The van der Waals surface area contributed by atoms with Crippen LogP contribution in [0, 0.1) is 0 Å². The topological polar surface area (TPSA) is 76.0 Å². The Morgan fingerprint density at radius 3 is 3.00 bits per heavy atom. The van der Waals surface area contributed by atoms with Gasteiger partial charge in [-0.2, -0.15) is 0 Å². The number of ether oxygens (including phenoxy) is 1. The third-order valence-corrected chi connectivity index (χ3v) is 2.29. The van der Waals surface area contributed by atoms with Gasteiger partial charge < -0.3 is 14.1 Å². The predicted molar refractivity (Wildman–Crippen MR) is 66.3 cm³/mol. The fourth-order valence-electron chi connectivity index (χ4n) is 1.41. The molecular weight excluding hydrogens is 220 g/mol. The Balaban J connectivity index is 2.59. The number of aliphatic imine (C=N–C) groups is 1. The number of nitrogens with one attached hydrogen (secondary N) is 1. The summed E-state index contributed by atoms with van der Waals surface area (Å²) in [5, 5.41) is 0. The van der Waals surface area contributed by atoms with E-state index in [9.17, 15) is 0 Å². The predicted octanol–water partition coefficient (Wildman–Crippen LogP) is 0.567. The smallest absolute Gasteiger partial charge is 0.208 e. The van der Waals surface area contributed by atoms with Gasteiger partial charge in [-0.05, 0) is 19.1 Å². The second-order valence-corrected chi connectivity index (χ2v) is 3.44. The molecule has 0 fully saturated rings. The van der Waals surface area contributed by atoms with Crippen LogP contribution in [0.4, 0.5) is 0 Å². The van der Waals surface area contributed by atoms with E-state index in [1.807, 2.05) is 24.0 Å². The Bertz CT molecular complexity index is 324. The number of hydrogen-bond donors (Lipinski definition) is 2. The third-order valence-electron chi connectivity index (χ3n) is 2.29. The Hall–Kier alpha value is -1.53. The van der Waals surface area contributed by atoms with Crippen LogP contribution in [-0.4, -0.2) is 37.7 Å². The van der Waals surface area contributed by atoms with E-state index >= 15 is 0 Å². The molecule has 0 unspecified atom stereocenters. The summed E-state index contributed by atoms with van der Waals surface area (Å²) in [7, 11) is 1.64. The van der Waals surface area contributed by atoms with Crippen molar-refractivity contribution in [2.24, 2.45) is 10.8 Å². The molecule has 0 saturated carbocycles. The molecule has 0 radical (unpaired) electrons. The van der Waals surface area contributed by atoms with E-state index in [2.05, 4.69) is 10.4 Å². The van der Waals surface area contributed by atoms with E-state index in [0.29, 0.717) is 25.7 Å². The standard InChI is InChI=1S/C11H20N4O2/c1-3-15(9-10-5-4-7-17-10)11(14-12)13-6-8-16-2/h4-5,7H,3,6,8-9,12H2,1-2H3,(H,13,14). The average Bonchev–Trinajstić information content (AvgIpc) is 2.85. The van der Waals surface area contributed by atoms with Gasteiger partial charge >= 0.3 is 0 Å². The second-order valence-electron chi connectivity index (χ2n) is 3.44. The first-order valence-electron chi connectivity index (χ1n) is 5.59. The van der Waals surface area contributed by atoms with Crippen LogP contribution >= 0.6 is 0 Å². The molecule has 6 nitrogen and oxygen atoms in total. The van der Waals surface area contributed by atoms with Crippen LogP contribution in [0.15, 0.2) is 27.8 Å². The van der Waals surface area contributed by atoms with Crippen LogP contribution in [0.1, 0.15) is 12.7 Å². The number of hydrazine groups is 1. The summed E-state index contributed by atoms with van der Waals surface area (Å²) in [4.78, 5) is 6.32. The van der Waals surface area contributed by atoms with Gasteiger partial charge in [0.05, 0.1) is 26.0 Å². The minimum atomic E-state index is 0.573. The van der Waals surface area contributed by atoms with E-state index in [0.717, 1.165) is 12.3 Å². The van der Waals surface area contributed by atoms with Crippen LogP contribution in [0.2, 0.25) is 0 Å². The fraction of sp³-hybridized carbons (Fsp3) is 0.545. The highest BCUT2D eigenvalue weighted by molar-refractivity contribution is 5.79. The Kier molecular flexibility index (Phi) is 6.13. The van der Waals surface area contributed by atoms with Gasteiger partial charge in [0, 0.05) is 13.7 Å². The zero-order valence-corrected chi connectivity index (χ0v) is 10.3. The molecule has 0 bridgehead atoms. The lowest BCUT2D eigenvalue weighted by atomic mass is 10.4. The molecule has 96 valence electrons. The summed E-state index contributed by atoms with van der Waals surface area (Å²) < 4.78 is 10.2. The molecular formula is C11H20N4O2. The number of methoxy groups -OCH3 is 1. The quantitative estimate of drug-likeness (QED) is 0.250. The minimum absolute atomic E-state index is 0.573. The average molecular weight is 240 g/mol. The van der Waals surface area contributed by atoms with Crippen LogP contribution in [0.3, 0.4) is 0 Å². The number of guanidine groups is 1. The maximum Gasteiger partial charge on any atom is 0.208 e. The van der Waals surface area contributed by atoms with Crippen molar-refractivity contribution in [1.29, 1.82) is 0 Å². The van der Waals surface area contributed by atoms with E-state index in [1.165, 1.54) is 0 Å². The molecule has 0 saturated heterocycles. The molecule has 1 heterocycles. The van der Waals surface area contributed by atoms with Gasteiger partial charge in [-0.1, -0.05) is 0 Å². The van der Waals surface area contributed by atoms with Crippen LogP contribution in [0.25, 0.3) is 0 Å². The lowest BCUT2D eigenvalue weighted by Gasteiger charge is -2.22. The number of furan rings is 1. The molecule has 0 aliphatic carbocycles. The summed E-state index contributed by atoms with van der Waals surface area (Å²) in [5.41, 5.74) is 2.60. The molecule has 0 amide bonds. The van der Waals surface area contributed by atoms with Crippen LogP contribution in [-0.2, 0) is 11.3 Å². The molecule has 0 spiro atoms. The van der Waals surface area contributed by atoms with Crippen molar-refractivity contribution in [3.63, 3.8) is 0 Å². The molecule has 0 atom stereocenters. The van der Waals surface area contributed by atoms with E-state index in [4.69, 9.17) is 15.0 Å². The highest BCUT2D eigenvalue weighted by atomic mass is 16.5.